The van der Waals surface area contributed by atoms with Gasteiger partial charge in [-0.2, -0.15) is 0 Å². The number of thiazole rings is 1. The molecule has 5 heteroatoms. The highest BCUT2D eigenvalue weighted by molar-refractivity contribution is 7.10. The van der Waals surface area contributed by atoms with Gasteiger partial charge in [0.2, 0.25) is 0 Å². The third kappa shape index (κ3) is 4.11. The summed E-state index contributed by atoms with van der Waals surface area (Å²) >= 11 is 1.66. The molecule has 28 heavy (non-hydrogen) atoms. The van der Waals surface area contributed by atoms with Crippen LogP contribution in [0, 0.1) is 6.92 Å². The van der Waals surface area contributed by atoms with Crippen LogP contribution in [0.5, 0.6) is 11.5 Å². The van der Waals surface area contributed by atoms with Crippen molar-refractivity contribution in [3.63, 3.8) is 0 Å². The van der Waals surface area contributed by atoms with E-state index in [4.69, 9.17) is 9.47 Å². The number of benzene rings is 2. The van der Waals surface area contributed by atoms with Gasteiger partial charge in [0.25, 0.3) is 0 Å². The van der Waals surface area contributed by atoms with E-state index in [1.165, 1.54) is 16.0 Å². The molecule has 3 aromatic rings. The summed E-state index contributed by atoms with van der Waals surface area (Å²) in [6, 6.07) is 14.6. The fourth-order valence-electron chi connectivity index (χ4n) is 3.43. The number of fused-ring (bicyclic) bond motifs is 1. The lowest BCUT2D eigenvalue weighted by molar-refractivity contribution is 0.283. The summed E-state index contributed by atoms with van der Waals surface area (Å²) in [4.78, 5) is 5.52. The highest BCUT2D eigenvalue weighted by atomic mass is 32.1. The Morgan fingerprint density at radius 1 is 1.21 bits per heavy atom. The van der Waals surface area contributed by atoms with Crippen LogP contribution >= 0.6 is 11.3 Å². The van der Waals surface area contributed by atoms with E-state index >= 15 is 0 Å². The molecule has 2 heterocycles. The molecule has 0 saturated heterocycles. The van der Waals surface area contributed by atoms with Crippen molar-refractivity contribution in [1.29, 1.82) is 0 Å². The third-order valence-corrected chi connectivity index (χ3v) is 5.88. The van der Waals surface area contributed by atoms with Crippen LogP contribution in [0.4, 0.5) is 0 Å². The van der Waals surface area contributed by atoms with Gasteiger partial charge in [0.05, 0.1) is 24.4 Å². The molecule has 144 valence electrons. The van der Waals surface area contributed by atoms with E-state index in [9.17, 15) is 0 Å². The van der Waals surface area contributed by atoms with Gasteiger partial charge in [-0.1, -0.05) is 36.4 Å². The highest BCUT2D eigenvalue weighted by Crippen LogP contribution is 2.36. The summed E-state index contributed by atoms with van der Waals surface area (Å²) in [5, 5.41) is 3.59. The smallest absolute Gasteiger partial charge is 0.161 e. The first-order valence-corrected chi connectivity index (χ1v) is 10.3. The zero-order valence-electron chi connectivity index (χ0n) is 16.1. The van der Waals surface area contributed by atoms with Gasteiger partial charge in [-0.05, 0) is 48.2 Å². The summed E-state index contributed by atoms with van der Waals surface area (Å²) in [7, 11) is 1.69. The summed E-state index contributed by atoms with van der Waals surface area (Å²) in [5.74, 6) is 1.57. The van der Waals surface area contributed by atoms with Crippen molar-refractivity contribution in [3.8, 4) is 11.5 Å². The molecule has 1 unspecified atom stereocenters. The average molecular weight is 393 g/mol. The van der Waals surface area contributed by atoms with Gasteiger partial charge in [-0.25, -0.2) is 4.98 Å². The molecule has 0 fully saturated rings. The Morgan fingerprint density at radius 3 is 2.82 bits per heavy atom. The second-order valence-corrected chi connectivity index (χ2v) is 7.71. The molecule has 0 amide bonds. The minimum Gasteiger partial charge on any atom is -0.493 e. The Morgan fingerprint density at radius 2 is 2.07 bits per heavy atom. The monoisotopic (exact) mass is 392 g/mol. The second kappa shape index (κ2) is 8.59. The molecule has 0 saturated carbocycles. The number of aryl methyl sites for hydroxylation is 1. The number of rotatable bonds is 6. The topological polar surface area (TPSA) is 43.4 Å². The van der Waals surface area contributed by atoms with Gasteiger partial charge < -0.3 is 14.8 Å². The van der Waals surface area contributed by atoms with Crippen LogP contribution in [0.15, 0.2) is 54.1 Å². The Kier molecular flexibility index (Phi) is 5.74. The summed E-state index contributed by atoms with van der Waals surface area (Å²) in [6.07, 6.45) is 5.35. The van der Waals surface area contributed by atoms with Crippen molar-refractivity contribution in [3.05, 3.63) is 81.3 Å². The summed E-state index contributed by atoms with van der Waals surface area (Å²) in [5.41, 5.74) is 6.65. The first-order valence-electron chi connectivity index (χ1n) is 9.44. The predicted molar refractivity (Wildman–Crippen MR) is 114 cm³/mol. The third-order valence-electron chi connectivity index (χ3n) is 4.98. The first-order chi connectivity index (χ1) is 13.7. The van der Waals surface area contributed by atoms with Crippen molar-refractivity contribution in [2.45, 2.75) is 26.0 Å². The molecule has 2 aromatic carbocycles. The molecular weight excluding hydrogens is 368 g/mol. The molecule has 1 aromatic heterocycles. The van der Waals surface area contributed by atoms with Crippen LogP contribution in [-0.4, -0.2) is 18.6 Å². The number of hydrogen-bond donors (Lipinski definition) is 1. The SMILES string of the molecule is COc1cc2c(cc1OCc1ccccc1)CCNC2C=Cc1scnc1C. The molecule has 4 rings (SSSR count). The largest absolute Gasteiger partial charge is 0.493 e. The van der Waals surface area contributed by atoms with E-state index in [0.29, 0.717) is 6.61 Å². The zero-order chi connectivity index (χ0) is 19.3. The van der Waals surface area contributed by atoms with Crippen LogP contribution in [0.3, 0.4) is 0 Å². The molecule has 4 nitrogen and oxygen atoms in total. The van der Waals surface area contributed by atoms with Gasteiger partial charge in [0.1, 0.15) is 6.61 Å². The number of nitrogens with one attached hydrogen (secondary N) is 1. The lowest BCUT2D eigenvalue weighted by Crippen LogP contribution is -2.28. The molecule has 1 aliphatic rings. The van der Waals surface area contributed by atoms with Gasteiger partial charge in [0.15, 0.2) is 11.5 Å². The maximum absolute atomic E-state index is 6.08. The predicted octanol–water partition coefficient (Wildman–Crippen LogP) is 4.94. The van der Waals surface area contributed by atoms with Crippen LogP contribution in [0.1, 0.15) is 33.3 Å². The van der Waals surface area contributed by atoms with E-state index < -0.39 is 0 Å². The number of methoxy groups -OCH3 is 1. The molecule has 1 N–H and O–H groups in total. The van der Waals surface area contributed by atoms with Gasteiger partial charge in [-0.15, -0.1) is 11.3 Å². The number of nitrogens with zero attached hydrogens (tertiary/aromatic N) is 1. The first kappa shape index (κ1) is 18.7. The quantitative estimate of drug-likeness (QED) is 0.645. The van der Waals surface area contributed by atoms with Crippen LogP contribution < -0.4 is 14.8 Å². The van der Waals surface area contributed by atoms with E-state index in [0.717, 1.165) is 35.7 Å². The van der Waals surface area contributed by atoms with Gasteiger partial charge in [-0.3, -0.25) is 0 Å². The minimum atomic E-state index is 0.155. The van der Waals surface area contributed by atoms with Gasteiger partial charge >= 0.3 is 0 Å². The van der Waals surface area contributed by atoms with Crippen LogP contribution in [0.25, 0.3) is 6.08 Å². The van der Waals surface area contributed by atoms with Crippen molar-refractivity contribution in [2.24, 2.45) is 0 Å². The van der Waals surface area contributed by atoms with Crippen LogP contribution in [0.2, 0.25) is 0 Å². The fraction of sp³-hybridized carbons (Fsp3) is 0.261. The van der Waals surface area contributed by atoms with E-state index in [2.05, 4.69) is 46.7 Å². The van der Waals surface area contributed by atoms with Gasteiger partial charge in [0, 0.05) is 11.4 Å². The highest BCUT2D eigenvalue weighted by Gasteiger charge is 2.21. The second-order valence-electron chi connectivity index (χ2n) is 6.82. The van der Waals surface area contributed by atoms with E-state index in [1.807, 2.05) is 30.6 Å². The number of ether oxygens (including phenoxy) is 2. The number of hydrogen-bond acceptors (Lipinski definition) is 5. The Hall–Kier alpha value is -2.63. The maximum atomic E-state index is 6.08. The molecule has 1 aliphatic heterocycles. The molecule has 0 bridgehead atoms. The summed E-state index contributed by atoms with van der Waals surface area (Å²) < 4.78 is 11.7. The van der Waals surface area contributed by atoms with Crippen LogP contribution in [-0.2, 0) is 13.0 Å². The molecular formula is C23H24N2O2S. The van der Waals surface area contributed by atoms with Crippen molar-refractivity contribution >= 4 is 17.4 Å². The fourth-order valence-corrected chi connectivity index (χ4v) is 4.13. The normalized spacial score (nSPS) is 16.1. The van der Waals surface area contributed by atoms with Crippen molar-refractivity contribution < 1.29 is 9.47 Å². The van der Waals surface area contributed by atoms with E-state index in [1.54, 1.807) is 18.4 Å². The summed E-state index contributed by atoms with van der Waals surface area (Å²) in [6.45, 7) is 3.51. The average Bonchev–Trinajstić information content (AvgIpc) is 3.15. The zero-order valence-corrected chi connectivity index (χ0v) is 17.0. The number of aromatic nitrogens is 1. The molecule has 0 radical (unpaired) electrons. The molecule has 0 aliphatic carbocycles. The lowest BCUT2D eigenvalue weighted by Gasteiger charge is -2.26. The Labute approximate surface area is 169 Å². The van der Waals surface area contributed by atoms with Crippen molar-refractivity contribution in [2.75, 3.05) is 13.7 Å². The minimum absolute atomic E-state index is 0.155. The maximum Gasteiger partial charge on any atom is 0.161 e. The van der Waals surface area contributed by atoms with E-state index in [-0.39, 0.29) is 6.04 Å². The standard InChI is InChI=1S/C23H24N2O2S/c1-16-23(28-15-25-16)9-8-20-19-13-21(26-2)22(12-18(19)10-11-24-20)27-14-17-6-4-3-5-7-17/h3-9,12-13,15,20,24H,10-11,14H2,1-2H3. The lowest BCUT2D eigenvalue weighted by atomic mass is 9.93. The Bertz CT molecular complexity index is 966. The molecule has 0 spiro atoms. The van der Waals surface area contributed by atoms with Crippen molar-refractivity contribution in [1.82, 2.24) is 10.3 Å². The molecule has 1 atom stereocenters. The Balaban J connectivity index is 1.57.